The van der Waals surface area contributed by atoms with Crippen LogP contribution in [0.5, 0.6) is 0 Å². The molecule has 0 atom stereocenters. The lowest BCUT2D eigenvalue weighted by molar-refractivity contribution is -0.111. The van der Waals surface area contributed by atoms with Gasteiger partial charge in [0, 0.05) is 35.1 Å². The Balaban J connectivity index is 1.98. The van der Waals surface area contributed by atoms with Gasteiger partial charge in [-0.05, 0) is 43.7 Å². The van der Waals surface area contributed by atoms with Crippen molar-refractivity contribution in [3.8, 4) is 11.1 Å². The maximum absolute atomic E-state index is 12.4. The number of rotatable bonds is 5. The average molecular weight is 348 g/mol. The van der Waals surface area contributed by atoms with E-state index in [1.807, 2.05) is 38.1 Å². The van der Waals surface area contributed by atoms with Crippen LogP contribution in [0.15, 0.2) is 55.4 Å². The molecule has 0 spiro atoms. The SMILES string of the molecule is C=CC(=O)Nc1cccc(-c2cnc3[nH]cc(C(=O)NC(C)C)c3c2)c1. The van der Waals surface area contributed by atoms with Gasteiger partial charge in [-0.25, -0.2) is 4.98 Å². The van der Waals surface area contributed by atoms with Gasteiger partial charge in [-0.1, -0.05) is 18.7 Å². The minimum atomic E-state index is -0.269. The van der Waals surface area contributed by atoms with Gasteiger partial charge in [-0.15, -0.1) is 0 Å². The lowest BCUT2D eigenvalue weighted by atomic mass is 10.0. The van der Waals surface area contributed by atoms with Gasteiger partial charge in [0.2, 0.25) is 5.91 Å². The molecule has 0 aliphatic heterocycles. The van der Waals surface area contributed by atoms with Gasteiger partial charge in [0.15, 0.2) is 0 Å². The summed E-state index contributed by atoms with van der Waals surface area (Å²) >= 11 is 0. The van der Waals surface area contributed by atoms with E-state index in [9.17, 15) is 9.59 Å². The summed E-state index contributed by atoms with van der Waals surface area (Å²) in [5.41, 5.74) is 3.61. The minimum absolute atomic E-state index is 0.0498. The first kappa shape index (κ1) is 17.4. The molecule has 2 amide bonds. The number of nitrogens with zero attached hydrogens (tertiary/aromatic N) is 1. The molecule has 6 heteroatoms. The molecule has 132 valence electrons. The van der Waals surface area contributed by atoms with Crippen LogP contribution < -0.4 is 10.6 Å². The number of pyridine rings is 1. The van der Waals surface area contributed by atoms with Crippen molar-refractivity contribution in [3.05, 3.63) is 60.9 Å². The molecule has 6 nitrogen and oxygen atoms in total. The average Bonchev–Trinajstić information content (AvgIpc) is 3.04. The van der Waals surface area contributed by atoms with E-state index < -0.39 is 0 Å². The van der Waals surface area contributed by atoms with Crippen molar-refractivity contribution >= 4 is 28.5 Å². The number of aromatic amines is 1. The number of anilines is 1. The predicted molar refractivity (Wildman–Crippen MR) is 103 cm³/mol. The quantitative estimate of drug-likeness (QED) is 0.617. The molecule has 0 aliphatic rings. The fraction of sp³-hybridized carbons (Fsp3) is 0.150. The normalized spacial score (nSPS) is 10.7. The molecular weight excluding hydrogens is 328 g/mol. The van der Waals surface area contributed by atoms with Crippen molar-refractivity contribution in [1.29, 1.82) is 0 Å². The van der Waals surface area contributed by atoms with Crippen LogP contribution in [0.3, 0.4) is 0 Å². The van der Waals surface area contributed by atoms with Crippen LogP contribution in [0.1, 0.15) is 24.2 Å². The fourth-order valence-electron chi connectivity index (χ4n) is 2.66. The first-order valence-corrected chi connectivity index (χ1v) is 8.30. The molecule has 0 saturated carbocycles. The summed E-state index contributed by atoms with van der Waals surface area (Å²) < 4.78 is 0. The third-order valence-electron chi connectivity index (χ3n) is 3.84. The predicted octanol–water partition coefficient (Wildman–Crippen LogP) is 3.49. The van der Waals surface area contributed by atoms with Gasteiger partial charge < -0.3 is 15.6 Å². The highest BCUT2D eigenvalue weighted by atomic mass is 16.2. The van der Waals surface area contributed by atoms with Crippen LogP contribution in [0, 0.1) is 0 Å². The fourth-order valence-corrected chi connectivity index (χ4v) is 2.66. The molecule has 26 heavy (non-hydrogen) atoms. The van der Waals surface area contributed by atoms with Crippen LogP contribution in [-0.2, 0) is 4.79 Å². The lowest BCUT2D eigenvalue weighted by Gasteiger charge is -2.08. The van der Waals surface area contributed by atoms with Crippen molar-refractivity contribution in [2.45, 2.75) is 19.9 Å². The summed E-state index contributed by atoms with van der Waals surface area (Å²) in [5, 5.41) is 6.38. The van der Waals surface area contributed by atoms with Crippen molar-refractivity contribution < 1.29 is 9.59 Å². The summed E-state index contributed by atoms with van der Waals surface area (Å²) in [5.74, 6) is -0.411. The summed E-state index contributed by atoms with van der Waals surface area (Å²) in [4.78, 5) is 31.3. The number of hydrogen-bond donors (Lipinski definition) is 3. The topological polar surface area (TPSA) is 86.9 Å². The van der Waals surface area contributed by atoms with E-state index in [0.29, 0.717) is 16.9 Å². The molecule has 0 bridgehead atoms. The molecule has 2 heterocycles. The minimum Gasteiger partial charge on any atom is -0.350 e. The zero-order valence-corrected chi connectivity index (χ0v) is 14.7. The van der Waals surface area contributed by atoms with Crippen LogP contribution in [-0.4, -0.2) is 27.8 Å². The van der Waals surface area contributed by atoms with Crippen molar-refractivity contribution in [1.82, 2.24) is 15.3 Å². The standard InChI is InChI=1S/C20H20N4O2/c1-4-18(25)24-15-7-5-6-13(8-15)14-9-16-17(20(26)23-12(2)3)11-22-19(16)21-10-14/h4-12H,1H2,2-3H3,(H,21,22)(H,23,26)(H,24,25). The van der Waals surface area contributed by atoms with E-state index in [1.54, 1.807) is 18.5 Å². The van der Waals surface area contributed by atoms with Crippen LogP contribution in [0.4, 0.5) is 5.69 Å². The van der Waals surface area contributed by atoms with E-state index >= 15 is 0 Å². The second kappa shape index (κ2) is 7.23. The molecule has 0 fully saturated rings. The number of carbonyl (C=O) groups excluding carboxylic acids is 2. The highest BCUT2D eigenvalue weighted by molar-refractivity contribution is 6.06. The molecule has 0 aliphatic carbocycles. The van der Waals surface area contributed by atoms with Crippen molar-refractivity contribution in [3.63, 3.8) is 0 Å². The smallest absolute Gasteiger partial charge is 0.253 e. The van der Waals surface area contributed by atoms with Gasteiger partial charge in [-0.3, -0.25) is 9.59 Å². The third kappa shape index (κ3) is 3.64. The van der Waals surface area contributed by atoms with Gasteiger partial charge >= 0.3 is 0 Å². The first-order valence-electron chi connectivity index (χ1n) is 8.30. The number of H-pyrrole nitrogens is 1. The van der Waals surface area contributed by atoms with Crippen molar-refractivity contribution in [2.24, 2.45) is 0 Å². The molecule has 0 radical (unpaired) electrons. The monoisotopic (exact) mass is 348 g/mol. The van der Waals surface area contributed by atoms with Gasteiger partial charge in [0.25, 0.3) is 5.91 Å². The number of benzene rings is 1. The van der Waals surface area contributed by atoms with E-state index in [0.717, 1.165) is 16.5 Å². The summed E-state index contributed by atoms with van der Waals surface area (Å²) in [7, 11) is 0. The third-order valence-corrected chi connectivity index (χ3v) is 3.84. The van der Waals surface area contributed by atoms with E-state index in [2.05, 4.69) is 27.2 Å². The molecule has 0 saturated heterocycles. The molecule has 0 unspecified atom stereocenters. The zero-order valence-electron chi connectivity index (χ0n) is 14.7. The van der Waals surface area contributed by atoms with Gasteiger partial charge in [0.1, 0.15) is 5.65 Å². The number of fused-ring (bicyclic) bond motifs is 1. The molecule has 3 aromatic rings. The molecule has 3 rings (SSSR count). The molecular formula is C20H20N4O2. The number of amides is 2. The Morgan fingerprint density at radius 1 is 1.23 bits per heavy atom. The summed E-state index contributed by atoms with van der Waals surface area (Å²) in [6.45, 7) is 7.28. The van der Waals surface area contributed by atoms with Crippen molar-refractivity contribution in [2.75, 3.05) is 5.32 Å². The highest BCUT2D eigenvalue weighted by Gasteiger charge is 2.14. The molecule has 1 aromatic carbocycles. The Labute approximate surface area is 151 Å². The maximum Gasteiger partial charge on any atom is 0.253 e. The van der Waals surface area contributed by atoms with E-state index in [4.69, 9.17) is 0 Å². The van der Waals surface area contributed by atoms with E-state index in [1.165, 1.54) is 6.08 Å². The zero-order chi connectivity index (χ0) is 18.7. The Hall–Kier alpha value is -3.41. The van der Waals surface area contributed by atoms with Crippen LogP contribution in [0.2, 0.25) is 0 Å². The number of carbonyl (C=O) groups is 2. The Kier molecular flexibility index (Phi) is 4.84. The van der Waals surface area contributed by atoms with E-state index in [-0.39, 0.29) is 17.9 Å². The first-order chi connectivity index (χ1) is 12.5. The Morgan fingerprint density at radius 2 is 2.04 bits per heavy atom. The van der Waals surface area contributed by atoms with Crippen LogP contribution in [0.25, 0.3) is 22.2 Å². The number of aromatic nitrogens is 2. The largest absolute Gasteiger partial charge is 0.350 e. The molecule has 2 aromatic heterocycles. The lowest BCUT2D eigenvalue weighted by Crippen LogP contribution is -2.29. The number of nitrogens with one attached hydrogen (secondary N) is 3. The Bertz CT molecular complexity index is 988. The number of hydrogen-bond acceptors (Lipinski definition) is 3. The second-order valence-corrected chi connectivity index (χ2v) is 6.22. The van der Waals surface area contributed by atoms with Gasteiger partial charge in [0.05, 0.1) is 5.56 Å². The summed E-state index contributed by atoms with van der Waals surface area (Å²) in [6.07, 6.45) is 4.62. The van der Waals surface area contributed by atoms with Gasteiger partial charge in [-0.2, -0.15) is 0 Å². The second-order valence-electron chi connectivity index (χ2n) is 6.22. The Morgan fingerprint density at radius 3 is 2.77 bits per heavy atom. The molecule has 3 N–H and O–H groups in total. The highest BCUT2D eigenvalue weighted by Crippen LogP contribution is 2.26. The maximum atomic E-state index is 12.4. The van der Waals surface area contributed by atoms with Crippen LogP contribution >= 0.6 is 0 Å². The summed E-state index contributed by atoms with van der Waals surface area (Å²) in [6, 6.07) is 9.39.